The summed E-state index contributed by atoms with van der Waals surface area (Å²) in [6.07, 6.45) is 9.89. The Labute approximate surface area is 112 Å². The smallest absolute Gasteiger partial charge is 0.123 e. The van der Waals surface area contributed by atoms with Crippen molar-refractivity contribution in [2.24, 2.45) is 0 Å². The first-order chi connectivity index (χ1) is 9.37. The Morgan fingerprint density at radius 3 is 3.05 bits per heavy atom. The summed E-state index contributed by atoms with van der Waals surface area (Å²) in [6.45, 7) is 1.86. The fourth-order valence-corrected chi connectivity index (χ4v) is 3.67. The summed E-state index contributed by atoms with van der Waals surface area (Å²) in [4.78, 5) is 4.73. The van der Waals surface area contributed by atoms with Crippen LogP contribution in [-0.2, 0) is 18.5 Å². The van der Waals surface area contributed by atoms with E-state index in [1.54, 1.807) is 6.26 Å². The zero-order valence-corrected chi connectivity index (χ0v) is 11.1. The molecule has 0 saturated heterocycles. The number of rotatable bonds is 2. The molecule has 0 amide bonds. The molecule has 2 aliphatic rings. The summed E-state index contributed by atoms with van der Waals surface area (Å²) in [5.74, 6) is 0.999. The minimum atomic E-state index is 0.169. The van der Waals surface area contributed by atoms with Crippen molar-refractivity contribution in [3.63, 3.8) is 0 Å². The van der Waals surface area contributed by atoms with Crippen LogP contribution in [0.5, 0.6) is 0 Å². The maximum Gasteiger partial charge on any atom is 0.123 e. The molecule has 1 aliphatic heterocycles. The number of nitrogens with one attached hydrogen (secondary N) is 1. The van der Waals surface area contributed by atoms with E-state index in [2.05, 4.69) is 9.88 Å². The first-order valence-electron chi connectivity index (χ1n) is 7.19. The molecule has 2 aromatic rings. The Bertz CT molecular complexity index is 564. The van der Waals surface area contributed by atoms with Crippen molar-refractivity contribution in [3.05, 3.63) is 41.9 Å². The van der Waals surface area contributed by atoms with Crippen molar-refractivity contribution in [2.45, 2.75) is 44.2 Å². The van der Waals surface area contributed by atoms with Gasteiger partial charge in [0, 0.05) is 18.7 Å². The zero-order chi connectivity index (χ0) is 12.7. The maximum absolute atomic E-state index is 5.45. The number of imidazole rings is 1. The number of hydrogen-bond acceptors (Lipinski definition) is 3. The highest BCUT2D eigenvalue weighted by Gasteiger charge is 2.41. The molecule has 0 atom stereocenters. The second kappa shape index (κ2) is 4.23. The molecule has 4 rings (SSSR count). The van der Waals surface area contributed by atoms with E-state index in [0.717, 1.165) is 25.3 Å². The van der Waals surface area contributed by atoms with Crippen LogP contribution in [0.3, 0.4) is 0 Å². The number of nitrogens with zero attached hydrogens (tertiary/aromatic N) is 2. The molecule has 2 aromatic heterocycles. The van der Waals surface area contributed by atoms with Crippen molar-refractivity contribution in [3.8, 4) is 0 Å². The standard InChI is InChI=1S/C15H19N3O/c1-2-7-15(6-1)14-13(5-8-17-15)18(11-16-14)10-12-4-3-9-19-12/h3-4,9,11,17H,1-2,5-8,10H2. The largest absolute Gasteiger partial charge is 0.467 e. The highest BCUT2D eigenvalue weighted by atomic mass is 16.3. The predicted octanol–water partition coefficient (Wildman–Crippen LogP) is 2.44. The molecule has 1 saturated carbocycles. The first-order valence-corrected chi connectivity index (χ1v) is 7.19. The lowest BCUT2D eigenvalue weighted by molar-refractivity contribution is 0.312. The zero-order valence-electron chi connectivity index (χ0n) is 11.1. The van der Waals surface area contributed by atoms with Gasteiger partial charge in [0.05, 0.1) is 30.4 Å². The average Bonchev–Trinajstić information content (AvgIpc) is 3.13. The molecule has 0 aromatic carbocycles. The van der Waals surface area contributed by atoms with Gasteiger partial charge in [-0.25, -0.2) is 4.98 Å². The summed E-state index contributed by atoms with van der Waals surface area (Å²) < 4.78 is 7.71. The van der Waals surface area contributed by atoms with E-state index in [1.807, 2.05) is 18.5 Å². The van der Waals surface area contributed by atoms with Crippen LogP contribution < -0.4 is 5.32 Å². The molecule has 4 nitrogen and oxygen atoms in total. The molecule has 100 valence electrons. The molecule has 1 aliphatic carbocycles. The van der Waals surface area contributed by atoms with Gasteiger partial charge in [0.1, 0.15) is 5.76 Å². The third-order valence-corrected chi connectivity index (χ3v) is 4.59. The summed E-state index contributed by atoms with van der Waals surface area (Å²) in [6, 6.07) is 3.97. The van der Waals surface area contributed by atoms with Crippen molar-refractivity contribution in [1.82, 2.24) is 14.9 Å². The van der Waals surface area contributed by atoms with Gasteiger partial charge in [0.25, 0.3) is 0 Å². The van der Waals surface area contributed by atoms with Gasteiger partial charge in [0.15, 0.2) is 0 Å². The van der Waals surface area contributed by atoms with Crippen LogP contribution in [0.15, 0.2) is 29.1 Å². The molecule has 1 fully saturated rings. The minimum absolute atomic E-state index is 0.169. The van der Waals surface area contributed by atoms with Gasteiger partial charge in [0.2, 0.25) is 0 Å². The highest BCUT2D eigenvalue weighted by Crippen LogP contribution is 2.41. The third-order valence-electron chi connectivity index (χ3n) is 4.59. The Hall–Kier alpha value is -1.55. The van der Waals surface area contributed by atoms with Gasteiger partial charge < -0.3 is 14.3 Å². The molecule has 0 bridgehead atoms. The quantitative estimate of drug-likeness (QED) is 0.898. The third kappa shape index (κ3) is 1.74. The second-order valence-corrected chi connectivity index (χ2v) is 5.71. The van der Waals surface area contributed by atoms with Crippen LogP contribution in [0.4, 0.5) is 0 Å². The fourth-order valence-electron chi connectivity index (χ4n) is 3.67. The lowest BCUT2D eigenvalue weighted by Gasteiger charge is -2.34. The van der Waals surface area contributed by atoms with E-state index in [0.29, 0.717) is 0 Å². The second-order valence-electron chi connectivity index (χ2n) is 5.71. The van der Waals surface area contributed by atoms with Crippen LogP contribution in [0, 0.1) is 0 Å². The number of fused-ring (bicyclic) bond motifs is 2. The minimum Gasteiger partial charge on any atom is -0.467 e. The molecule has 1 spiro atoms. The van der Waals surface area contributed by atoms with Crippen molar-refractivity contribution in [1.29, 1.82) is 0 Å². The SMILES string of the molecule is c1coc(Cn2cnc3c2CCNC32CCCC2)c1. The molecule has 4 heteroatoms. The molecular formula is C15H19N3O. The normalized spacial score (nSPS) is 20.8. The first kappa shape index (κ1) is 11.3. The predicted molar refractivity (Wildman–Crippen MR) is 71.9 cm³/mol. The van der Waals surface area contributed by atoms with Crippen LogP contribution >= 0.6 is 0 Å². The van der Waals surface area contributed by atoms with Gasteiger partial charge in [-0.2, -0.15) is 0 Å². The van der Waals surface area contributed by atoms with E-state index < -0.39 is 0 Å². The number of furan rings is 1. The van der Waals surface area contributed by atoms with Crippen LogP contribution in [0.25, 0.3) is 0 Å². The molecular weight excluding hydrogens is 238 g/mol. The van der Waals surface area contributed by atoms with E-state index in [9.17, 15) is 0 Å². The van der Waals surface area contributed by atoms with E-state index in [4.69, 9.17) is 9.40 Å². The van der Waals surface area contributed by atoms with Gasteiger partial charge in [-0.1, -0.05) is 12.8 Å². The highest BCUT2D eigenvalue weighted by molar-refractivity contribution is 5.28. The lowest BCUT2D eigenvalue weighted by Crippen LogP contribution is -2.45. The van der Waals surface area contributed by atoms with Crippen molar-refractivity contribution >= 4 is 0 Å². The average molecular weight is 257 g/mol. The van der Waals surface area contributed by atoms with Crippen molar-refractivity contribution < 1.29 is 4.42 Å². The van der Waals surface area contributed by atoms with Crippen molar-refractivity contribution in [2.75, 3.05) is 6.54 Å². The molecule has 19 heavy (non-hydrogen) atoms. The Morgan fingerprint density at radius 2 is 2.26 bits per heavy atom. The van der Waals surface area contributed by atoms with E-state index in [1.165, 1.54) is 37.1 Å². The monoisotopic (exact) mass is 257 g/mol. The van der Waals surface area contributed by atoms with Gasteiger partial charge in [-0.3, -0.25) is 0 Å². The van der Waals surface area contributed by atoms with Gasteiger partial charge >= 0.3 is 0 Å². The topological polar surface area (TPSA) is 43.0 Å². The summed E-state index contributed by atoms with van der Waals surface area (Å²) in [5.41, 5.74) is 2.86. The Kier molecular flexibility index (Phi) is 2.52. The Morgan fingerprint density at radius 1 is 1.37 bits per heavy atom. The maximum atomic E-state index is 5.45. The molecule has 3 heterocycles. The van der Waals surface area contributed by atoms with E-state index >= 15 is 0 Å². The lowest BCUT2D eigenvalue weighted by atomic mass is 9.88. The fraction of sp³-hybridized carbons (Fsp3) is 0.533. The van der Waals surface area contributed by atoms with Crippen LogP contribution in [-0.4, -0.2) is 16.1 Å². The van der Waals surface area contributed by atoms with Gasteiger partial charge in [-0.05, 0) is 25.0 Å². The Balaban J connectivity index is 1.70. The summed E-state index contributed by atoms with van der Waals surface area (Å²) in [7, 11) is 0. The summed E-state index contributed by atoms with van der Waals surface area (Å²) in [5, 5.41) is 3.72. The molecule has 0 unspecified atom stereocenters. The van der Waals surface area contributed by atoms with Crippen LogP contribution in [0.2, 0.25) is 0 Å². The molecule has 0 radical (unpaired) electrons. The van der Waals surface area contributed by atoms with E-state index in [-0.39, 0.29) is 5.54 Å². The summed E-state index contributed by atoms with van der Waals surface area (Å²) >= 11 is 0. The molecule has 1 N–H and O–H groups in total. The van der Waals surface area contributed by atoms with Gasteiger partial charge in [-0.15, -0.1) is 0 Å². The number of hydrogen-bond donors (Lipinski definition) is 1. The van der Waals surface area contributed by atoms with Crippen LogP contribution in [0.1, 0.15) is 42.8 Å². The number of aromatic nitrogens is 2.